The van der Waals surface area contributed by atoms with Crippen LogP contribution in [-0.4, -0.2) is 46.9 Å². The zero-order chi connectivity index (χ0) is 13.8. The SMILES string of the molecule is O.O/N=C/c1ccncc1.O=C([O-])CNCC(=O)[O-].[Cu+2]. The number of rotatable bonds is 5. The summed E-state index contributed by atoms with van der Waals surface area (Å²) < 4.78 is 0. The van der Waals surface area contributed by atoms with Gasteiger partial charge in [-0.1, -0.05) is 5.16 Å². The van der Waals surface area contributed by atoms with Crippen molar-refractivity contribution in [3.05, 3.63) is 30.1 Å². The maximum Gasteiger partial charge on any atom is 2.00 e. The summed E-state index contributed by atoms with van der Waals surface area (Å²) in [5.74, 6) is -2.67. The van der Waals surface area contributed by atoms with Gasteiger partial charge in [0.25, 0.3) is 0 Å². The molecule has 0 saturated heterocycles. The first-order chi connectivity index (χ1) is 8.56. The molecule has 10 heteroatoms. The third-order valence-electron chi connectivity index (χ3n) is 1.45. The van der Waals surface area contributed by atoms with E-state index in [1.807, 2.05) is 0 Å². The van der Waals surface area contributed by atoms with E-state index >= 15 is 0 Å². The van der Waals surface area contributed by atoms with E-state index in [2.05, 4.69) is 15.5 Å². The number of carbonyl (C=O) groups excluding carboxylic acids is 2. The fourth-order valence-electron chi connectivity index (χ4n) is 0.783. The van der Waals surface area contributed by atoms with Crippen molar-refractivity contribution in [1.29, 1.82) is 0 Å². The molecule has 1 rings (SSSR count). The van der Waals surface area contributed by atoms with E-state index in [9.17, 15) is 19.8 Å². The number of aromatic nitrogens is 1. The van der Waals surface area contributed by atoms with Crippen molar-refractivity contribution >= 4 is 18.2 Å². The molecule has 1 aromatic rings. The van der Waals surface area contributed by atoms with E-state index < -0.39 is 25.0 Å². The van der Waals surface area contributed by atoms with Crippen LogP contribution >= 0.6 is 0 Å². The van der Waals surface area contributed by atoms with E-state index in [1.54, 1.807) is 24.5 Å². The van der Waals surface area contributed by atoms with Crippen LogP contribution in [0.2, 0.25) is 0 Å². The van der Waals surface area contributed by atoms with Crippen LogP contribution < -0.4 is 15.5 Å². The zero-order valence-electron chi connectivity index (χ0n) is 10.1. The second-order valence-electron chi connectivity index (χ2n) is 2.87. The molecule has 0 spiro atoms. The average Bonchev–Trinajstić information content (AvgIpc) is 2.30. The summed E-state index contributed by atoms with van der Waals surface area (Å²) in [5.41, 5.74) is 0.840. The van der Waals surface area contributed by atoms with Gasteiger partial charge < -0.3 is 35.8 Å². The van der Waals surface area contributed by atoms with Crippen molar-refractivity contribution in [2.24, 2.45) is 5.16 Å². The Labute approximate surface area is 125 Å². The molecule has 0 bridgehead atoms. The Hall–Kier alpha value is -2.00. The van der Waals surface area contributed by atoms with Crippen molar-refractivity contribution in [1.82, 2.24) is 10.3 Å². The number of hydrogen-bond acceptors (Lipinski definition) is 8. The second kappa shape index (κ2) is 15.1. The minimum atomic E-state index is -1.34. The molecule has 1 radical (unpaired) electrons. The maximum absolute atomic E-state index is 9.59. The molecule has 1 heterocycles. The van der Waals surface area contributed by atoms with Gasteiger partial charge in [0.2, 0.25) is 0 Å². The number of carboxylic acids is 2. The molecule has 0 aliphatic carbocycles. The molecular weight excluding hydrogens is 322 g/mol. The van der Waals surface area contributed by atoms with E-state index in [0.717, 1.165) is 5.56 Å². The molecule has 0 unspecified atom stereocenters. The van der Waals surface area contributed by atoms with Gasteiger partial charge in [-0.3, -0.25) is 4.98 Å². The monoisotopic (exact) mass is 334 g/mol. The summed E-state index contributed by atoms with van der Waals surface area (Å²) in [4.78, 5) is 23.0. The summed E-state index contributed by atoms with van der Waals surface area (Å²) in [6, 6.07) is 3.50. The largest absolute Gasteiger partial charge is 2.00 e. The van der Waals surface area contributed by atoms with Gasteiger partial charge in [0.15, 0.2) is 0 Å². The number of carbonyl (C=O) groups is 2. The summed E-state index contributed by atoms with van der Waals surface area (Å²) in [6.07, 6.45) is 4.62. The van der Waals surface area contributed by atoms with Gasteiger partial charge in [0, 0.05) is 25.5 Å². The molecule has 0 aliphatic rings. The normalized spacial score (nSPS) is 8.60. The van der Waals surface area contributed by atoms with E-state index in [4.69, 9.17) is 5.21 Å². The number of oxime groups is 1. The Balaban J connectivity index is -0.000000263. The molecule has 0 fully saturated rings. The van der Waals surface area contributed by atoms with Gasteiger partial charge in [-0.2, -0.15) is 0 Å². The van der Waals surface area contributed by atoms with Crippen LogP contribution in [0.3, 0.4) is 0 Å². The molecule has 0 amide bonds. The summed E-state index contributed by atoms with van der Waals surface area (Å²) in [5, 5.41) is 32.2. The van der Waals surface area contributed by atoms with Gasteiger partial charge in [-0.25, -0.2) is 0 Å². The Bertz CT molecular complexity index is 387. The number of aliphatic carboxylic acids is 2. The molecule has 0 aliphatic heterocycles. The number of pyridine rings is 1. The van der Waals surface area contributed by atoms with Crippen molar-refractivity contribution in [3.8, 4) is 0 Å². The van der Waals surface area contributed by atoms with Gasteiger partial charge in [-0.15, -0.1) is 0 Å². The first-order valence-corrected chi connectivity index (χ1v) is 4.74. The van der Waals surface area contributed by atoms with Gasteiger partial charge in [-0.05, 0) is 17.7 Å². The van der Waals surface area contributed by atoms with Crippen LogP contribution in [0.5, 0.6) is 0 Å². The molecule has 0 aromatic carbocycles. The van der Waals surface area contributed by atoms with E-state index in [0.29, 0.717) is 0 Å². The first-order valence-electron chi connectivity index (χ1n) is 4.74. The van der Waals surface area contributed by atoms with Crippen LogP contribution in [0, 0.1) is 0 Å². The molecule has 9 nitrogen and oxygen atoms in total. The summed E-state index contributed by atoms with van der Waals surface area (Å²) >= 11 is 0. The number of carboxylic acid groups (broad SMARTS) is 2. The molecule has 115 valence electrons. The van der Waals surface area contributed by atoms with Crippen molar-refractivity contribution in [2.45, 2.75) is 0 Å². The fraction of sp³-hybridized carbons (Fsp3) is 0.200. The summed E-state index contributed by atoms with van der Waals surface area (Å²) in [6.45, 7) is -0.929. The third-order valence-corrected chi connectivity index (χ3v) is 1.45. The third kappa shape index (κ3) is 16.0. The number of hydrogen-bond donors (Lipinski definition) is 2. The Morgan fingerprint density at radius 1 is 1.25 bits per heavy atom. The molecule has 20 heavy (non-hydrogen) atoms. The molecule has 1 aromatic heterocycles. The predicted octanol–water partition coefficient (Wildman–Crippen LogP) is -3.86. The smallest absolute Gasteiger partial charge is 0.549 e. The van der Waals surface area contributed by atoms with Crippen LogP contribution in [-0.2, 0) is 26.7 Å². The Morgan fingerprint density at radius 2 is 1.70 bits per heavy atom. The average molecular weight is 335 g/mol. The molecule has 0 saturated carbocycles. The van der Waals surface area contributed by atoms with Gasteiger partial charge in [0.1, 0.15) is 0 Å². The van der Waals surface area contributed by atoms with Crippen LogP contribution in [0.25, 0.3) is 0 Å². The van der Waals surface area contributed by atoms with Crippen LogP contribution in [0.4, 0.5) is 0 Å². The van der Waals surface area contributed by atoms with Crippen LogP contribution in [0.15, 0.2) is 29.7 Å². The molecule has 0 atom stereocenters. The zero-order valence-corrected chi connectivity index (χ0v) is 11.0. The van der Waals surface area contributed by atoms with Crippen LogP contribution in [0.1, 0.15) is 5.56 Å². The minimum absolute atomic E-state index is 0. The second-order valence-corrected chi connectivity index (χ2v) is 2.87. The van der Waals surface area contributed by atoms with Crippen molar-refractivity contribution in [2.75, 3.05) is 13.1 Å². The Kier molecular flexibility index (Phi) is 17.4. The summed E-state index contributed by atoms with van der Waals surface area (Å²) in [7, 11) is 0. The quantitative estimate of drug-likeness (QED) is 0.240. The molecule has 4 N–H and O–H groups in total. The van der Waals surface area contributed by atoms with Gasteiger partial charge in [0.05, 0.1) is 18.2 Å². The van der Waals surface area contributed by atoms with E-state index in [1.165, 1.54) is 6.21 Å². The van der Waals surface area contributed by atoms with Gasteiger partial charge >= 0.3 is 17.1 Å². The molecular formula is C10H13CuN3O6. The maximum atomic E-state index is 9.59. The van der Waals surface area contributed by atoms with Crippen molar-refractivity contribution < 1.29 is 47.6 Å². The van der Waals surface area contributed by atoms with E-state index in [-0.39, 0.29) is 22.5 Å². The topological polar surface area (TPSA) is 169 Å². The first kappa shape index (κ1) is 23.1. The standard InChI is InChI=1S/C6H6N2O.C4H7NO4.Cu.H2O/c9-8-5-6-1-3-7-4-2-6;6-3(7)1-5-2-4(8)9;;/h1-5,9H;5H,1-2H2,(H,6,7)(H,8,9);;1H2/q;;+2;/p-2/b8-5+;;;. The predicted molar refractivity (Wildman–Crippen MR) is 60.1 cm³/mol. The number of nitrogens with one attached hydrogen (secondary N) is 1. The Morgan fingerprint density at radius 3 is 2.05 bits per heavy atom. The minimum Gasteiger partial charge on any atom is -0.549 e. The fourth-order valence-corrected chi connectivity index (χ4v) is 0.783. The van der Waals surface area contributed by atoms with Crippen molar-refractivity contribution in [3.63, 3.8) is 0 Å². The number of nitrogens with zero attached hydrogens (tertiary/aromatic N) is 2.